The van der Waals surface area contributed by atoms with Crippen LogP contribution in [0.15, 0.2) is 22.2 Å². The lowest BCUT2D eigenvalue weighted by molar-refractivity contribution is -0.747. The van der Waals surface area contributed by atoms with Gasteiger partial charge >= 0.3 is 5.65 Å². The molecular formula is C25H34N9O18P3-2. The SMILES string of the molecule is COC1[C@@H](OP(=O)([O-])OP(=O)([O-])OP(=O)([O-])OC[C@H]2O[C@@H](n3cnc4c(=O)[nH]c(C)nc43)C(O)[C@H]2OC(C)C)O[C@@H]([n+]2cn(C)c3c(=O)[nH]c(N)nc32)[C@H]1O. The van der Waals surface area contributed by atoms with Gasteiger partial charge in [0.1, 0.15) is 36.3 Å². The smallest absolute Gasteiger partial charge is 0.313 e. The van der Waals surface area contributed by atoms with Crippen LogP contribution in [0.25, 0.3) is 22.3 Å². The van der Waals surface area contributed by atoms with E-state index >= 15 is 0 Å². The van der Waals surface area contributed by atoms with Gasteiger partial charge in [0.15, 0.2) is 30.0 Å². The Hall–Kier alpha value is -3.33. The minimum atomic E-state index is -6.40. The molecule has 6 N–H and O–H groups in total. The molecule has 304 valence electrons. The highest BCUT2D eigenvalue weighted by molar-refractivity contribution is 7.65. The summed E-state index contributed by atoms with van der Waals surface area (Å²) in [4.78, 5) is 79.6. The van der Waals surface area contributed by atoms with Crippen molar-refractivity contribution in [2.75, 3.05) is 19.5 Å². The van der Waals surface area contributed by atoms with E-state index in [-0.39, 0.29) is 34.1 Å². The Morgan fingerprint density at radius 3 is 2.38 bits per heavy atom. The van der Waals surface area contributed by atoms with E-state index in [2.05, 4.69) is 38.1 Å². The maximum Gasteiger partial charge on any atom is 0.313 e. The summed E-state index contributed by atoms with van der Waals surface area (Å²) in [5.41, 5.74) is 4.18. The molecule has 0 aromatic carbocycles. The van der Waals surface area contributed by atoms with E-state index in [1.54, 1.807) is 13.8 Å². The van der Waals surface area contributed by atoms with Gasteiger partial charge < -0.3 is 59.1 Å². The Kier molecular flexibility index (Phi) is 11.4. The van der Waals surface area contributed by atoms with Crippen molar-refractivity contribution in [3.05, 3.63) is 39.2 Å². The van der Waals surface area contributed by atoms with Crippen molar-refractivity contribution < 1.29 is 79.8 Å². The van der Waals surface area contributed by atoms with Crippen LogP contribution in [0.3, 0.4) is 0 Å². The van der Waals surface area contributed by atoms with Crippen LogP contribution in [0.1, 0.15) is 32.1 Å². The van der Waals surface area contributed by atoms with E-state index in [4.69, 9.17) is 29.2 Å². The second-order valence-corrected chi connectivity index (χ2v) is 16.9. The molecule has 0 saturated carbocycles. The second kappa shape index (κ2) is 15.2. The zero-order chi connectivity index (χ0) is 40.4. The summed E-state index contributed by atoms with van der Waals surface area (Å²) in [6.45, 7) is 3.64. The first kappa shape index (κ1) is 41.3. The van der Waals surface area contributed by atoms with Gasteiger partial charge in [-0.3, -0.25) is 41.9 Å². The largest absolute Gasteiger partial charge is 0.756 e. The number of phosphoric ester groups is 2. The summed E-state index contributed by atoms with van der Waals surface area (Å²) in [6, 6.07) is 0. The van der Waals surface area contributed by atoms with Gasteiger partial charge in [-0.2, -0.15) is 0 Å². The van der Waals surface area contributed by atoms with Crippen molar-refractivity contribution in [3.8, 4) is 0 Å². The fourth-order valence-electron chi connectivity index (χ4n) is 6.02. The van der Waals surface area contributed by atoms with Gasteiger partial charge in [0.25, 0.3) is 40.5 Å². The Labute approximate surface area is 307 Å². The second-order valence-electron chi connectivity index (χ2n) is 12.4. The predicted octanol–water partition coefficient (Wildman–Crippen LogP) is -3.67. The van der Waals surface area contributed by atoms with Crippen LogP contribution in [-0.4, -0.2) is 101 Å². The number of aryl methyl sites for hydroxylation is 2. The molecule has 0 bridgehead atoms. The van der Waals surface area contributed by atoms with Crippen molar-refractivity contribution in [1.29, 1.82) is 0 Å². The maximum absolute atomic E-state index is 12.7. The average Bonchev–Trinajstić information content (AvgIpc) is 3.77. The topological polar surface area (TPSA) is 379 Å². The summed E-state index contributed by atoms with van der Waals surface area (Å²) in [6.07, 6.45) is -10.9. The van der Waals surface area contributed by atoms with Crippen molar-refractivity contribution in [3.63, 3.8) is 0 Å². The highest BCUT2D eigenvalue weighted by Gasteiger charge is 2.51. The van der Waals surface area contributed by atoms with Crippen LogP contribution in [-0.2, 0) is 57.4 Å². The number of aliphatic hydroxyl groups excluding tert-OH is 2. The minimum absolute atomic E-state index is 0.0117. The van der Waals surface area contributed by atoms with Gasteiger partial charge in [0.2, 0.25) is 11.7 Å². The number of rotatable bonds is 14. The number of nitrogens with zero attached hydrogens (tertiary/aromatic N) is 6. The number of aliphatic hydroxyl groups is 2. The number of phosphoric acid groups is 3. The molecule has 27 nitrogen and oxygen atoms in total. The van der Waals surface area contributed by atoms with Crippen molar-refractivity contribution in [2.24, 2.45) is 7.05 Å². The van der Waals surface area contributed by atoms with Crippen molar-refractivity contribution in [2.45, 2.75) is 76.1 Å². The summed E-state index contributed by atoms with van der Waals surface area (Å²) < 4.78 is 80.9. The summed E-state index contributed by atoms with van der Waals surface area (Å²) in [5, 5.41) is 22.0. The zero-order valence-electron chi connectivity index (χ0n) is 29.1. The number of ether oxygens (including phenoxy) is 4. The Bertz CT molecular complexity index is 2350. The predicted molar refractivity (Wildman–Crippen MR) is 171 cm³/mol. The van der Waals surface area contributed by atoms with E-state index in [0.29, 0.717) is 0 Å². The third kappa shape index (κ3) is 8.52. The molecule has 0 radical (unpaired) electrons. The number of methoxy groups -OCH3 is 1. The number of imidazole rings is 2. The molecule has 0 amide bonds. The summed E-state index contributed by atoms with van der Waals surface area (Å²) in [5.74, 6) is -0.0954. The first-order chi connectivity index (χ1) is 25.6. The Balaban J connectivity index is 1.12. The third-order valence-electron chi connectivity index (χ3n) is 8.10. The highest BCUT2D eigenvalue weighted by atomic mass is 31.3. The molecule has 55 heavy (non-hydrogen) atoms. The van der Waals surface area contributed by atoms with Crippen LogP contribution < -0.4 is 36.1 Å². The number of nitrogens with two attached hydrogens (primary N) is 1. The van der Waals surface area contributed by atoms with Crippen LogP contribution in [0.5, 0.6) is 0 Å². The lowest BCUT2D eigenvalue weighted by Gasteiger charge is -2.35. The molecule has 0 aliphatic carbocycles. The van der Waals surface area contributed by atoms with Gasteiger partial charge in [-0.1, -0.05) is 4.98 Å². The number of aromatic nitrogens is 8. The molecular weight excluding hydrogens is 807 g/mol. The molecule has 2 saturated heterocycles. The third-order valence-corrected chi connectivity index (χ3v) is 12.2. The first-order valence-electron chi connectivity index (χ1n) is 15.8. The van der Waals surface area contributed by atoms with Gasteiger partial charge in [-0.05, 0) is 20.8 Å². The lowest BCUT2D eigenvalue weighted by Crippen LogP contribution is -2.46. The van der Waals surface area contributed by atoms with E-state index in [1.165, 1.54) is 29.4 Å². The van der Waals surface area contributed by atoms with E-state index < -0.39 is 96.6 Å². The van der Waals surface area contributed by atoms with Crippen molar-refractivity contribution >= 4 is 51.7 Å². The lowest BCUT2D eigenvalue weighted by atomic mass is 10.1. The normalized spacial score (nSPS) is 29.2. The van der Waals surface area contributed by atoms with Gasteiger partial charge in [-0.25, -0.2) is 23.2 Å². The maximum atomic E-state index is 12.7. The van der Waals surface area contributed by atoms with Crippen molar-refractivity contribution in [1.82, 2.24) is 34.1 Å². The number of H-pyrrole nitrogens is 2. The number of anilines is 1. The molecule has 4 aromatic rings. The minimum Gasteiger partial charge on any atom is -0.756 e. The van der Waals surface area contributed by atoms with Gasteiger partial charge in [0.05, 0.1) is 26.1 Å². The monoisotopic (exact) mass is 841 g/mol. The van der Waals surface area contributed by atoms with E-state index in [1.807, 2.05) is 0 Å². The molecule has 30 heteroatoms. The number of hydrogen-bond donors (Lipinski definition) is 5. The molecule has 0 spiro atoms. The number of fused-ring (bicyclic) bond motifs is 2. The van der Waals surface area contributed by atoms with E-state index in [9.17, 15) is 48.2 Å². The van der Waals surface area contributed by atoms with Crippen LogP contribution in [0.4, 0.5) is 5.95 Å². The first-order valence-corrected chi connectivity index (χ1v) is 20.2. The van der Waals surface area contributed by atoms with Gasteiger partial charge in [0, 0.05) is 7.11 Å². The zero-order valence-corrected chi connectivity index (χ0v) is 31.8. The molecule has 2 aliphatic heterocycles. The van der Waals surface area contributed by atoms with Crippen LogP contribution in [0.2, 0.25) is 0 Å². The molecule has 6 heterocycles. The Morgan fingerprint density at radius 2 is 1.71 bits per heavy atom. The summed E-state index contributed by atoms with van der Waals surface area (Å²) in [7, 11) is -16.1. The number of nitrogen functional groups attached to an aromatic ring is 1. The fourth-order valence-corrected chi connectivity index (χ4v) is 9.47. The number of nitrogens with one attached hydrogen (secondary N) is 2. The fraction of sp³-hybridized carbons (Fsp3) is 0.600. The number of aromatic amines is 2. The average molecular weight is 842 g/mol. The van der Waals surface area contributed by atoms with Gasteiger partial charge in [-0.15, -0.1) is 0 Å². The Morgan fingerprint density at radius 1 is 1.02 bits per heavy atom. The highest BCUT2D eigenvalue weighted by Crippen LogP contribution is 2.63. The molecule has 6 rings (SSSR count). The standard InChI is InChI=1S/C25H36N9O18P3/c1-9(2)47-16-11(48-22(14(16)35)33-7-27-12-18(33)28-10(3)29-20(12)37)6-46-53(39,40)51-55(43,44)52-54(41,42)50-24-17(45-5)15(36)23(49-24)34-8-32(4)13-19(34)30-25(26)31-21(13)38/h7-9,11,14-17,22-24,35-36H,6H2,1-5H3,(H6-,26,28,29,30,31,37,38,39,40,41,42,43,44)/p-2/t11-,14?,15+,16+,17?,22-,23-,24-/m1/s1. The molecule has 4 aromatic heterocycles. The quantitative estimate of drug-likeness (QED) is 0.0603. The number of hydrogen-bond acceptors (Lipinski definition) is 22. The van der Waals surface area contributed by atoms with Crippen LogP contribution >= 0.6 is 23.5 Å². The summed E-state index contributed by atoms with van der Waals surface area (Å²) >= 11 is 0. The molecule has 11 atom stereocenters. The molecule has 2 aliphatic rings. The van der Waals surface area contributed by atoms with Crippen LogP contribution in [0, 0.1) is 6.92 Å². The molecule has 5 unspecified atom stereocenters. The molecule has 2 fully saturated rings. The van der Waals surface area contributed by atoms with E-state index in [0.717, 1.165) is 18.0 Å².